The molecule has 2 heterocycles. The van der Waals surface area contributed by atoms with Gasteiger partial charge in [0.25, 0.3) is 0 Å². The van der Waals surface area contributed by atoms with E-state index in [9.17, 15) is 8.42 Å². The average Bonchev–Trinajstić information content (AvgIpc) is 2.28. The van der Waals surface area contributed by atoms with Crippen LogP contribution >= 0.6 is 11.6 Å². The number of hydrogen-bond donors (Lipinski definition) is 1. The van der Waals surface area contributed by atoms with Gasteiger partial charge in [-0.05, 0) is 25.0 Å². The minimum Gasteiger partial charge on any atom is -0.355 e. The minimum atomic E-state index is -3.15. The molecule has 1 aromatic heterocycles. The van der Waals surface area contributed by atoms with E-state index < -0.39 is 10.0 Å². The maximum atomic E-state index is 11.2. The molecule has 100 valence electrons. The maximum Gasteiger partial charge on any atom is 0.209 e. The first-order chi connectivity index (χ1) is 8.44. The molecule has 0 amide bonds. The van der Waals surface area contributed by atoms with Crippen LogP contribution in [0.3, 0.4) is 0 Å². The molecule has 5 nitrogen and oxygen atoms in total. The Kier molecular flexibility index (Phi) is 4.09. The quantitative estimate of drug-likeness (QED) is 0.910. The molecule has 1 atom stereocenters. The largest absolute Gasteiger partial charge is 0.355 e. The van der Waals surface area contributed by atoms with Gasteiger partial charge in [-0.25, -0.2) is 18.1 Å². The van der Waals surface area contributed by atoms with Gasteiger partial charge in [-0.15, -0.1) is 0 Å². The van der Waals surface area contributed by atoms with Crippen molar-refractivity contribution in [1.29, 1.82) is 0 Å². The van der Waals surface area contributed by atoms with Crippen molar-refractivity contribution in [2.75, 3.05) is 24.2 Å². The number of nitrogens with one attached hydrogen (secondary N) is 1. The zero-order chi connectivity index (χ0) is 13.2. The Morgan fingerprint density at radius 2 is 2.28 bits per heavy atom. The van der Waals surface area contributed by atoms with Crippen LogP contribution in [0.5, 0.6) is 0 Å². The van der Waals surface area contributed by atoms with Crippen LogP contribution in [-0.2, 0) is 10.0 Å². The fraction of sp³-hybridized carbons (Fsp3) is 0.545. The lowest BCUT2D eigenvalue weighted by molar-refractivity contribution is 0.465. The Morgan fingerprint density at radius 3 is 2.89 bits per heavy atom. The third kappa shape index (κ3) is 3.83. The van der Waals surface area contributed by atoms with Gasteiger partial charge in [-0.1, -0.05) is 11.6 Å². The summed E-state index contributed by atoms with van der Waals surface area (Å²) in [4.78, 5) is 6.32. The van der Waals surface area contributed by atoms with Crippen molar-refractivity contribution < 1.29 is 8.42 Å². The second-order valence-electron chi connectivity index (χ2n) is 4.51. The highest BCUT2D eigenvalue weighted by atomic mass is 35.5. The predicted octanol–water partition coefficient (Wildman–Crippen LogP) is 1.25. The summed E-state index contributed by atoms with van der Waals surface area (Å²) in [5.41, 5.74) is 0. The fourth-order valence-electron chi connectivity index (χ4n) is 2.14. The van der Waals surface area contributed by atoms with Crippen molar-refractivity contribution in [2.45, 2.75) is 18.9 Å². The Bertz CT molecular complexity index is 504. The van der Waals surface area contributed by atoms with E-state index in [2.05, 4.69) is 14.6 Å². The SMILES string of the molecule is CS(=O)(=O)NC1CCCN(c2ccc(Cl)cn2)C1. The van der Waals surface area contributed by atoms with Crippen molar-refractivity contribution in [3.63, 3.8) is 0 Å². The summed E-state index contributed by atoms with van der Waals surface area (Å²) >= 11 is 5.79. The highest BCUT2D eigenvalue weighted by Crippen LogP contribution is 2.19. The van der Waals surface area contributed by atoms with E-state index in [1.807, 2.05) is 6.07 Å². The fourth-order valence-corrected chi connectivity index (χ4v) is 3.05. The number of anilines is 1. The molecular weight excluding hydrogens is 274 g/mol. The average molecular weight is 290 g/mol. The number of halogens is 1. The van der Waals surface area contributed by atoms with Gasteiger partial charge in [0.1, 0.15) is 5.82 Å². The molecule has 7 heteroatoms. The lowest BCUT2D eigenvalue weighted by Crippen LogP contribution is -2.47. The summed E-state index contributed by atoms with van der Waals surface area (Å²) in [7, 11) is -3.15. The smallest absolute Gasteiger partial charge is 0.209 e. The first-order valence-electron chi connectivity index (χ1n) is 5.78. The van der Waals surface area contributed by atoms with Gasteiger partial charge in [-0.3, -0.25) is 0 Å². The van der Waals surface area contributed by atoms with Crippen LogP contribution in [0.25, 0.3) is 0 Å². The van der Waals surface area contributed by atoms with Crippen LogP contribution in [0.15, 0.2) is 18.3 Å². The molecule has 0 bridgehead atoms. The Balaban J connectivity index is 2.04. The first kappa shape index (κ1) is 13.6. The molecule has 0 saturated carbocycles. The normalized spacial score (nSPS) is 21.0. The summed E-state index contributed by atoms with van der Waals surface area (Å²) in [5.74, 6) is 0.833. The monoisotopic (exact) mass is 289 g/mol. The molecule has 1 aliphatic rings. The molecule has 0 aliphatic carbocycles. The first-order valence-corrected chi connectivity index (χ1v) is 8.05. The van der Waals surface area contributed by atoms with E-state index in [0.29, 0.717) is 11.6 Å². The molecule has 18 heavy (non-hydrogen) atoms. The number of piperidine rings is 1. The number of sulfonamides is 1. The van der Waals surface area contributed by atoms with Crippen LogP contribution in [0.2, 0.25) is 5.02 Å². The summed E-state index contributed by atoms with van der Waals surface area (Å²) in [6.45, 7) is 1.53. The van der Waals surface area contributed by atoms with E-state index in [0.717, 1.165) is 25.2 Å². The van der Waals surface area contributed by atoms with E-state index in [1.54, 1.807) is 12.3 Å². The van der Waals surface area contributed by atoms with Crippen LogP contribution in [0.4, 0.5) is 5.82 Å². The molecule has 1 N–H and O–H groups in total. The second kappa shape index (κ2) is 5.42. The van der Waals surface area contributed by atoms with Crippen LogP contribution in [0, 0.1) is 0 Å². The minimum absolute atomic E-state index is 0.0498. The topological polar surface area (TPSA) is 62.3 Å². The zero-order valence-corrected chi connectivity index (χ0v) is 11.7. The summed E-state index contributed by atoms with van der Waals surface area (Å²) in [6, 6.07) is 3.59. The predicted molar refractivity (Wildman–Crippen MR) is 72.5 cm³/mol. The van der Waals surface area contributed by atoms with E-state index in [1.165, 1.54) is 6.26 Å². The lowest BCUT2D eigenvalue weighted by atomic mass is 10.1. The molecule has 1 saturated heterocycles. The van der Waals surface area contributed by atoms with Gasteiger partial charge in [0.2, 0.25) is 10.0 Å². The van der Waals surface area contributed by atoms with Crippen LogP contribution in [-0.4, -0.2) is 38.8 Å². The molecule has 1 unspecified atom stereocenters. The third-order valence-electron chi connectivity index (χ3n) is 2.84. The highest BCUT2D eigenvalue weighted by Gasteiger charge is 2.22. The maximum absolute atomic E-state index is 11.2. The number of rotatable bonds is 3. The zero-order valence-electron chi connectivity index (χ0n) is 10.1. The number of aromatic nitrogens is 1. The molecular formula is C11H16ClN3O2S. The van der Waals surface area contributed by atoms with Crippen molar-refractivity contribution in [3.05, 3.63) is 23.4 Å². The van der Waals surface area contributed by atoms with Gasteiger partial charge >= 0.3 is 0 Å². The van der Waals surface area contributed by atoms with Crippen molar-refractivity contribution >= 4 is 27.4 Å². The molecule has 2 rings (SSSR count). The summed E-state index contributed by atoms with van der Waals surface area (Å²) in [6.07, 6.45) is 4.59. The molecule has 1 fully saturated rings. The molecule has 1 aliphatic heterocycles. The van der Waals surface area contributed by atoms with Crippen molar-refractivity contribution in [3.8, 4) is 0 Å². The molecule has 0 radical (unpaired) electrons. The Hall–Kier alpha value is -0.850. The van der Waals surface area contributed by atoms with Gasteiger partial charge in [0, 0.05) is 25.3 Å². The van der Waals surface area contributed by atoms with Gasteiger partial charge in [-0.2, -0.15) is 0 Å². The van der Waals surface area contributed by atoms with E-state index >= 15 is 0 Å². The summed E-state index contributed by atoms with van der Waals surface area (Å²) in [5, 5.41) is 0.599. The lowest BCUT2D eigenvalue weighted by Gasteiger charge is -2.33. The van der Waals surface area contributed by atoms with Gasteiger partial charge in [0.05, 0.1) is 11.3 Å². The van der Waals surface area contributed by atoms with E-state index in [4.69, 9.17) is 11.6 Å². The number of hydrogen-bond acceptors (Lipinski definition) is 4. The number of nitrogens with zero attached hydrogens (tertiary/aromatic N) is 2. The van der Waals surface area contributed by atoms with Crippen molar-refractivity contribution in [2.24, 2.45) is 0 Å². The van der Waals surface area contributed by atoms with Gasteiger partial charge < -0.3 is 4.90 Å². The van der Waals surface area contributed by atoms with Crippen LogP contribution in [0.1, 0.15) is 12.8 Å². The third-order valence-corrected chi connectivity index (χ3v) is 3.82. The van der Waals surface area contributed by atoms with Gasteiger partial charge in [0.15, 0.2) is 0 Å². The number of pyridine rings is 1. The van der Waals surface area contributed by atoms with Crippen LogP contribution < -0.4 is 9.62 Å². The molecule has 0 spiro atoms. The molecule has 1 aromatic rings. The Morgan fingerprint density at radius 1 is 1.50 bits per heavy atom. The highest BCUT2D eigenvalue weighted by molar-refractivity contribution is 7.88. The standard InChI is InChI=1S/C11H16ClN3O2S/c1-18(16,17)14-10-3-2-6-15(8-10)11-5-4-9(12)7-13-11/h4-5,7,10,14H,2-3,6,8H2,1H3. The Labute approximate surface area is 112 Å². The molecule has 0 aromatic carbocycles. The summed E-state index contributed by atoms with van der Waals surface area (Å²) < 4.78 is 25.1. The van der Waals surface area contributed by atoms with Crippen molar-refractivity contribution in [1.82, 2.24) is 9.71 Å². The van der Waals surface area contributed by atoms with E-state index in [-0.39, 0.29) is 6.04 Å². The second-order valence-corrected chi connectivity index (χ2v) is 6.73.